The second-order valence-electron chi connectivity index (χ2n) is 2.61. The van der Waals surface area contributed by atoms with Crippen LogP contribution in [-0.4, -0.2) is 28.9 Å². The fraction of sp³-hybridized carbons (Fsp3) is 0.714. The van der Waals surface area contributed by atoms with Gasteiger partial charge in [-0.2, -0.15) is 5.10 Å². The summed E-state index contributed by atoms with van der Waals surface area (Å²) >= 11 is 0. The molecule has 0 radical (unpaired) electrons. The molecule has 1 aromatic rings. The van der Waals surface area contributed by atoms with Crippen LogP contribution in [0.4, 0.5) is 0 Å². The molecule has 5 heteroatoms. The Balaban J connectivity index is 2.25. The molecule has 5 nitrogen and oxygen atoms in total. The highest BCUT2D eigenvalue weighted by Crippen LogP contribution is 2.09. The predicted molar refractivity (Wildman–Crippen MR) is 44.4 cm³/mol. The van der Waals surface area contributed by atoms with Crippen molar-refractivity contribution in [1.82, 2.24) is 15.2 Å². The SMILES string of the molecule is COCCCC(N)c1ncn[nH]1. The normalized spacial score (nSPS) is 13.2. The van der Waals surface area contributed by atoms with Crippen molar-refractivity contribution in [1.29, 1.82) is 0 Å². The second-order valence-corrected chi connectivity index (χ2v) is 2.61. The highest BCUT2D eigenvalue weighted by molar-refractivity contribution is 4.88. The highest BCUT2D eigenvalue weighted by Gasteiger charge is 2.07. The monoisotopic (exact) mass is 170 g/mol. The Hall–Kier alpha value is -0.940. The van der Waals surface area contributed by atoms with Crippen LogP contribution in [0.3, 0.4) is 0 Å². The Morgan fingerprint density at radius 2 is 2.58 bits per heavy atom. The van der Waals surface area contributed by atoms with E-state index in [-0.39, 0.29) is 6.04 Å². The lowest BCUT2D eigenvalue weighted by Crippen LogP contribution is -2.12. The number of nitrogens with zero attached hydrogens (tertiary/aromatic N) is 2. The van der Waals surface area contributed by atoms with Gasteiger partial charge in [-0.05, 0) is 12.8 Å². The Labute approximate surface area is 71.3 Å². The van der Waals surface area contributed by atoms with Crippen molar-refractivity contribution in [3.05, 3.63) is 12.2 Å². The maximum Gasteiger partial charge on any atom is 0.141 e. The molecule has 0 saturated heterocycles. The van der Waals surface area contributed by atoms with E-state index in [0.29, 0.717) is 0 Å². The minimum atomic E-state index is -0.0531. The van der Waals surface area contributed by atoms with Crippen LogP contribution in [0.15, 0.2) is 6.33 Å². The number of nitrogens with one attached hydrogen (secondary N) is 1. The first kappa shape index (κ1) is 9.15. The smallest absolute Gasteiger partial charge is 0.141 e. The quantitative estimate of drug-likeness (QED) is 0.620. The van der Waals surface area contributed by atoms with Gasteiger partial charge in [0.25, 0.3) is 0 Å². The van der Waals surface area contributed by atoms with Crippen LogP contribution in [0, 0.1) is 0 Å². The zero-order valence-corrected chi connectivity index (χ0v) is 7.16. The molecule has 0 aliphatic carbocycles. The molecule has 12 heavy (non-hydrogen) atoms. The van der Waals surface area contributed by atoms with Gasteiger partial charge in [0, 0.05) is 13.7 Å². The van der Waals surface area contributed by atoms with Gasteiger partial charge in [-0.3, -0.25) is 5.10 Å². The van der Waals surface area contributed by atoms with Crippen molar-refractivity contribution < 1.29 is 4.74 Å². The summed E-state index contributed by atoms with van der Waals surface area (Å²) in [6, 6.07) is -0.0531. The average molecular weight is 170 g/mol. The van der Waals surface area contributed by atoms with E-state index in [9.17, 15) is 0 Å². The summed E-state index contributed by atoms with van der Waals surface area (Å²) in [5.41, 5.74) is 5.79. The molecule has 1 heterocycles. The topological polar surface area (TPSA) is 76.8 Å². The van der Waals surface area contributed by atoms with Gasteiger partial charge < -0.3 is 10.5 Å². The van der Waals surface area contributed by atoms with Crippen molar-refractivity contribution in [2.24, 2.45) is 5.73 Å². The van der Waals surface area contributed by atoms with E-state index in [2.05, 4.69) is 15.2 Å². The van der Waals surface area contributed by atoms with E-state index >= 15 is 0 Å². The van der Waals surface area contributed by atoms with Gasteiger partial charge in [0.15, 0.2) is 0 Å². The van der Waals surface area contributed by atoms with Crippen LogP contribution in [0.1, 0.15) is 24.7 Å². The number of nitrogens with two attached hydrogens (primary N) is 1. The van der Waals surface area contributed by atoms with Gasteiger partial charge in [0.1, 0.15) is 12.2 Å². The molecule has 0 aromatic carbocycles. The third-order valence-corrected chi connectivity index (χ3v) is 1.65. The largest absolute Gasteiger partial charge is 0.385 e. The van der Waals surface area contributed by atoms with E-state index in [1.807, 2.05) is 0 Å². The minimum Gasteiger partial charge on any atom is -0.385 e. The standard InChI is InChI=1S/C7H14N4O/c1-12-4-2-3-6(8)7-9-5-10-11-7/h5-6H,2-4,8H2,1H3,(H,9,10,11). The fourth-order valence-corrected chi connectivity index (χ4v) is 0.978. The van der Waals surface area contributed by atoms with Crippen molar-refractivity contribution in [2.75, 3.05) is 13.7 Å². The van der Waals surface area contributed by atoms with E-state index in [0.717, 1.165) is 25.3 Å². The molecule has 0 fully saturated rings. The number of ether oxygens (including phenoxy) is 1. The summed E-state index contributed by atoms with van der Waals surface area (Å²) in [7, 11) is 1.68. The van der Waals surface area contributed by atoms with Crippen molar-refractivity contribution >= 4 is 0 Å². The van der Waals surface area contributed by atoms with Crippen LogP contribution in [0.25, 0.3) is 0 Å². The van der Waals surface area contributed by atoms with Crippen molar-refractivity contribution in [2.45, 2.75) is 18.9 Å². The van der Waals surface area contributed by atoms with Gasteiger partial charge in [-0.1, -0.05) is 0 Å². The minimum absolute atomic E-state index is 0.0531. The molecule has 0 amide bonds. The predicted octanol–water partition coefficient (Wildman–Crippen LogP) is 0.231. The maximum atomic E-state index is 5.79. The Bertz CT molecular complexity index is 199. The average Bonchev–Trinajstić information content (AvgIpc) is 2.56. The Morgan fingerprint density at radius 1 is 1.75 bits per heavy atom. The first-order valence-electron chi connectivity index (χ1n) is 3.94. The van der Waals surface area contributed by atoms with Crippen LogP contribution in [0.5, 0.6) is 0 Å². The van der Waals surface area contributed by atoms with E-state index in [4.69, 9.17) is 10.5 Å². The third kappa shape index (κ3) is 2.60. The molecule has 0 bridgehead atoms. The Morgan fingerprint density at radius 3 is 3.17 bits per heavy atom. The van der Waals surface area contributed by atoms with E-state index in [1.54, 1.807) is 7.11 Å². The number of aromatic amines is 1. The number of methoxy groups -OCH3 is 1. The molecule has 1 unspecified atom stereocenters. The molecule has 68 valence electrons. The zero-order valence-electron chi connectivity index (χ0n) is 7.16. The molecule has 0 spiro atoms. The maximum absolute atomic E-state index is 5.79. The van der Waals surface area contributed by atoms with Crippen molar-refractivity contribution in [3.8, 4) is 0 Å². The Kier molecular flexibility index (Phi) is 3.69. The lowest BCUT2D eigenvalue weighted by Gasteiger charge is -2.06. The van der Waals surface area contributed by atoms with Gasteiger partial charge in [-0.25, -0.2) is 4.98 Å². The first-order valence-corrected chi connectivity index (χ1v) is 3.94. The molecule has 0 aliphatic heterocycles. The lowest BCUT2D eigenvalue weighted by atomic mass is 10.2. The molecule has 1 rings (SSSR count). The molecular weight excluding hydrogens is 156 g/mol. The number of H-pyrrole nitrogens is 1. The van der Waals surface area contributed by atoms with Gasteiger partial charge >= 0.3 is 0 Å². The van der Waals surface area contributed by atoms with Crippen LogP contribution < -0.4 is 5.73 Å². The summed E-state index contributed by atoms with van der Waals surface area (Å²) in [6.45, 7) is 0.738. The first-order chi connectivity index (χ1) is 5.84. The molecule has 3 N–H and O–H groups in total. The van der Waals surface area contributed by atoms with Crippen LogP contribution >= 0.6 is 0 Å². The number of hydrogen-bond donors (Lipinski definition) is 2. The number of hydrogen-bond acceptors (Lipinski definition) is 4. The zero-order chi connectivity index (χ0) is 8.81. The number of rotatable bonds is 5. The third-order valence-electron chi connectivity index (χ3n) is 1.65. The van der Waals surface area contributed by atoms with Crippen LogP contribution in [0.2, 0.25) is 0 Å². The summed E-state index contributed by atoms with van der Waals surface area (Å²) < 4.78 is 4.91. The molecule has 0 aliphatic rings. The summed E-state index contributed by atoms with van der Waals surface area (Å²) in [6.07, 6.45) is 3.27. The summed E-state index contributed by atoms with van der Waals surface area (Å²) in [5.74, 6) is 0.742. The second kappa shape index (κ2) is 4.84. The van der Waals surface area contributed by atoms with Gasteiger partial charge in [0.2, 0.25) is 0 Å². The summed E-state index contributed by atoms with van der Waals surface area (Å²) in [4.78, 5) is 3.96. The molecule has 1 atom stereocenters. The van der Waals surface area contributed by atoms with Gasteiger partial charge in [0.05, 0.1) is 6.04 Å². The van der Waals surface area contributed by atoms with E-state index < -0.39 is 0 Å². The van der Waals surface area contributed by atoms with Crippen LogP contribution in [-0.2, 0) is 4.74 Å². The highest BCUT2D eigenvalue weighted by atomic mass is 16.5. The van der Waals surface area contributed by atoms with E-state index in [1.165, 1.54) is 6.33 Å². The molecule has 0 saturated carbocycles. The summed E-state index contributed by atoms with van der Waals surface area (Å²) in [5, 5.41) is 6.46. The van der Waals surface area contributed by atoms with Gasteiger partial charge in [-0.15, -0.1) is 0 Å². The molecule has 1 aromatic heterocycles. The molecular formula is C7H14N4O. The fourth-order valence-electron chi connectivity index (χ4n) is 0.978. The van der Waals surface area contributed by atoms with Crippen molar-refractivity contribution in [3.63, 3.8) is 0 Å². The number of aromatic nitrogens is 3. The lowest BCUT2D eigenvalue weighted by molar-refractivity contribution is 0.190.